The Kier molecular flexibility index (Phi) is 6.37. The Balaban J connectivity index is 1.27. The predicted octanol–water partition coefficient (Wildman–Crippen LogP) is 5.67. The van der Waals surface area contributed by atoms with Crippen LogP contribution in [0.4, 0.5) is 4.39 Å². The van der Waals surface area contributed by atoms with Crippen LogP contribution in [0.15, 0.2) is 65.3 Å². The van der Waals surface area contributed by atoms with Crippen molar-refractivity contribution in [2.45, 2.75) is 50.6 Å². The Labute approximate surface area is 241 Å². The van der Waals surface area contributed by atoms with Crippen LogP contribution in [-0.2, 0) is 19.3 Å². The second kappa shape index (κ2) is 10.2. The summed E-state index contributed by atoms with van der Waals surface area (Å²) in [4.78, 5) is 46.2. The zero-order valence-electron chi connectivity index (χ0n) is 22.7. The van der Waals surface area contributed by atoms with Gasteiger partial charge in [0.25, 0.3) is 11.8 Å². The molecule has 1 fully saturated rings. The number of carboxylic acids is 1. The van der Waals surface area contributed by atoms with Gasteiger partial charge in [0, 0.05) is 12.1 Å². The minimum Gasteiger partial charge on any atom is -0.478 e. The number of aromatic carboxylic acids is 1. The van der Waals surface area contributed by atoms with Crippen LogP contribution in [0.1, 0.15) is 90.5 Å². The topological polar surface area (TPSA) is 113 Å². The molecule has 0 radical (unpaired) electrons. The van der Waals surface area contributed by atoms with Gasteiger partial charge in [0.2, 0.25) is 0 Å². The monoisotopic (exact) mass is 565 g/mol. The lowest BCUT2D eigenvalue weighted by Gasteiger charge is -2.15. The van der Waals surface area contributed by atoms with Crippen molar-refractivity contribution < 1.29 is 28.3 Å². The molecule has 1 saturated heterocycles. The number of carbonyl (C=O) groups is 3. The predicted molar refractivity (Wildman–Crippen MR) is 151 cm³/mol. The van der Waals surface area contributed by atoms with Crippen molar-refractivity contribution >= 4 is 17.8 Å². The van der Waals surface area contributed by atoms with Crippen LogP contribution in [0.5, 0.6) is 0 Å². The van der Waals surface area contributed by atoms with E-state index in [1.807, 2.05) is 18.2 Å². The summed E-state index contributed by atoms with van der Waals surface area (Å²) >= 11 is 0. The number of pyridine rings is 1. The summed E-state index contributed by atoms with van der Waals surface area (Å²) in [5.74, 6) is -2.05. The van der Waals surface area contributed by atoms with E-state index in [-0.39, 0.29) is 64.2 Å². The first kappa shape index (κ1) is 26.1. The zero-order valence-corrected chi connectivity index (χ0v) is 22.7. The normalized spacial score (nSPS) is 18.6. The molecule has 0 saturated carbocycles. The van der Waals surface area contributed by atoms with E-state index in [4.69, 9.17) is 9.40 Å². The van der Waals surface area contributed by atoms with Crippen molar-refractivity contribution in [3.05, 3.63) is 111 Å². The number of hydrogen-bond acceptors (Lipinski definition) is 5. The molecule has 42 heavy (non-hydrogen) atoms. The van der Waals surface area contributed by atoms with Crippen LogP contribution in [0.3, 0.4) is 0 Å². The SMILES string of the molecule is O=C(NC1CCc2ccccc21)c1coc(-c2c(C(=O)O)c(CCc3ccc(F)cc3)nc3c2C(=O)N2CCC[C@@H]32)c1. The molecule has 2 aromatic carbocycles. The van der Waals surface area contributed by atoms with Crippen molar-refractivity contribution in [2.24, 2.45) is 0 Å². The smallest absolute Gasteiger partial charge is 0.338 e. The minimum absolute atomic E-state index is 0.114. The summed E-state index contributed by atoms with van der Waals surface area (Å²) in [5, 5.41) is 13.5. The average Bonchev–Trinajstić information content (AvgIpc) is 3.79. The van der Waals surface area contributed by atoms with Crippen molar-refractivity contribution in [2.75, 3.05) is 6.54 Å². The van der Waals surface area contributed by atoms with Gasteiger partial charge in [-0.05, 0) is 73.4 Å². The summed E-state index contributed by atoms with van der Waals surface area (Å²) in [5.41, 5.74) is 4.53. The van der Waals surface area contributed by atoms with Crippen molar-refractivity contribution in [1.82, 2.24) is 15.2 Å². The minimum atomic E-state index is -1.24. The van der Waals surface area contributed by atoms with Gasteiger partial charge in [-0.2, -0.15) is 0 Å². The Hall–Kier alpha value is -4.79. The third-order valence-electron chi connectivity index (χ3n) is 8.67. The second-order valence-corrected chi connectivity index (χ2v) is 11.1. The fourth-order valence-corrected chi connectivity index (χ4v) is 6.66. The number of amides is 2. The van der Waals surface area contributed by atoms with Crippen LogP contribution in [0.2, 0.25) is 0 Å². The maximum atomic E-state index is 13.6. The molecule has 0 bridgehead atoms. The van der Waals surface area contributed by atoms with Gasteiger partial charge in [-0.15, -0.1) is 0 Å². The first-order valence-corrected chi connectivity index (χ1v) is 14.2. The number of carbonyl (C=O) groups excluding carboxylic acids is 2. The molecule has 2 aliphatic heterocycles. The van der Waals surface area contributed by atoms with Crippen LogP contribution in [-0.4, -0.2) is 39.3 Å². The Bertz CT molecular complexity index is 1750. The molecule has 8 nitrogen and oxygen atoms in total. The Morgan fingerprint density at radius 1 is 1.07 bits per heavy atom. The van der Waals surface area contributed by atoms with Crippen LogP contribution >= 0.6 is 0 Å². The lowest BCUT2D eigenvalue weighted by molar-refractivity contribution is 0.0695. The molecule has 212 valence electrons. The summed E-state index contributed by atoms with van der Waals surface area (Å²) in [6.07, 6.45) is 5.26. The molecular weight excluding hydrogens is 537 g/mol. The van der Waals surface area contributed by atoms with Crippen molar-refractivity contribution in [3.8, 4) is 11.3 Å². The van der Waals surface area contributed by atoms with E-state index in [0.717, 1.165) is 36.8 Å². The van der Waals surface area contributed by atoms with Crippen LogP contribution < -0.4 is 5.32 Å². The van der Waals surface area contributed by atoms with Gasteiger partial charge in [-0.25, -0.2) is 9.18 Å². The summed E-state index contributed by atoms with van der Waals surface area (Å²) in [7, 11) is 0. The van der Waals surface area contributed by atoms with Gasteiger partial charge in [-0.3, -0.25) is 14.6 Å². The molecule has 9 heteroatoms. The first-order chi connectivity index (χ1) is 20.4. The number of nitrogens with zero attached hydrogens (tertiary/aromatic N) is 2. The molecular formula is C33H28FN3O5. The van der Waals surface area contributed by atoms with Gasteiger partial charge in [0.15, 0.2) is 0 Å². The van der Waals surface area contributed by atoms with Crippen LogP contribution in [0.25, 0.3) is 11.3 Å². The average molecular weight is 566 g/mol. The fourth-order valence-electron chi connectivity index (χ4n) is 6.66. The molecule has 2 amide bonds. The number of aryl methyl sites for hydroxylation is 3. The molecule has 2 atom stereocenters. The molecule has 1 aliphatic carbocycles. The summed E-state index contributed by atoms with van der Waals surface area (Å²) in [6.45, 7) is 0.571. The number of carboxylic acid groups (broad SMARTS) is 1. The first-order valence-electron chi connectivity index (χ1n) is 14.2. The number of aromatic nitrogens is 1. The van der Waals surface area contributed by atoms with Gasteiger partial charge in [0.1, 0.15) is 17.8 Å². The molecule has 2 aromatic heterocycles. The second-order valence-electron chi connectivity index (χ2n) is 11.1. The lowest BCUT2D eigenvalue weighted by atomic mass is 9.92. The maximum Gasteiger partial charge on any atom is 0.338 e. The highest BCUT2D eigenvalue weighted by Crippen LogP contribution is 2.46. The maximum absolute atomic E-state index is 13.6. The third kappa shape index (κ3) is 4.36. The van der Waals surface area contributed by atoms with Gasteiger partial charge in [-0.1, -0.05) is 36.4 Å². The fraction of sp³-hybridized carbons (Fsp3) is 0.273. The van der Waals surface area contributed by atoms with Gasteiger partial charge in [0.05, 0.1) is 40.2 Å². The van der Waals surface area contributed by atoms with Gasteiger partial charge >= 0.3 is 5.97 Å². The Morgan fingerprint density at radius 3 is 2.69 bits per heavy atom. The molecule has 4 heterocycles. The summed E-state index contributed by atoms with van der Waals surface area (Å²) < 4.78 is 19.3. The van der Waals surface area contributed by atoms with E-state index in [0.29, 0.717) is 24.4 Å². The van der Waals surface area contributed by atoms with E-state index >= 15 is 0 Å². The highest BCUT2D eigenvalue weighted by molar-refractivity contribution is 6.10. The number of fused-ring (bicyclic) bond motifs is 4. The number of furan rings is 1. The van der Waals surface area contributed by atoms with E-state index in [1.165, 1.54) is 30.0 Å². The molecule has 3 aliphatic rings. The number of benzene rings is 2. The Morgan fingerprint density at radius 2 is 1.88 bits per heavy atom. The highest BCUT2D eigenvalue weighted by Gasteiger charge is 2.45. The van der Waals surface area contributed by atoms with E-state index in [1.54, 1.807) is 17.0 Å². The largest absolute Gasteiger partial charge is 0.478 e. The van der Waals surface area contributed by atoms with E-state index < -0.39 is 5.97 Å². The number of nitrogens with one attached hydrogen (secondary N) is 1. The number of hydrogen-bond donors (Lipinski definition) is 2. The third-order valence-corrected chi connectivity index (χ3v) is 8.67. The van der Waals surface area contributed by atoms with Crippen LogP contribution in [0, 0.1) is 5.82 Å². The van der Waals surface area contributed by atoms with Crippen molar-refractivity contribution in [1.29, 1.82) is 0 Å². The molecule has 7 rings (SSSR count). The molecule has 0 spiro atoms. The summed E-state index contributed by atoms with van der Waals surface area (Å²) in [6, 6.07) is 15.2. The number of rotatable bonds is 7. The number of halogens is 1. The quantitative estimate of drug-likeness (QED) is 0.299. The van der Waals surface area contributed by atoms with Gasteiger partial charge < -0.3 is 19.7 Å². The molecule has 1 unspecified atom stereocenters. The van der Waals surface area contributed by atoms with E-state index in [2.05, 4.69) is 11.4 Å². The van der Waals surface area contributed by atoms with E-state index in [9.17, 15) is 23.9 Å². The highest BCUT2D eigenvalue weighted by atomic mass is 19.1. The standard InChI is InChI=1S/C33H28FN3O5/c34-21-11-7-18(8-12-21)9-13-24-27(33(40)41)28(29-30(35-24)25-6-3-15-37(25)32(29)39)26-16-20(17-42-26)31(38)36-23-14-10-19-4-1-2-5-22(19)23/h1-2,4-5,7-8,11-12,16-17,23,25H,3,6,9-10,13-15H2,(H,36,38)(H,40,41)/t23?,25-/m0/s1. The van der Waals surface area contributed by atoms with Crippen molar-refractivity contribution in [3.63, 3.8) is 0 Å². The molecule has 4 aromatic rings. The zero-order chi connectivity index (χ0) is 29.0. The lowest BCUT2D eigenvalue weighted by Crippen LogP contribution is -2.26. The molecule has 2 N–H and O–H groups in total.